The molecule has 1 rings (SSSR count). The molecule has 90 valence electrons. The van der Waals surface area contributed by atoms with E-state index in [2.05, 4.69) is 4.84 Å². The molecule has 0 heterocycles. The van der Waals surface area contributed by atoms with Crippen LogP contribution in [0.5, 0.6) is 5.75 Å². The third-order valence-corrected chi connectivity index (χ3v) is 3.53. The van der Waals surface area contributed by atoms with Crippen LogP contribution in [-0.4, -0.2) is 13.7 Å². The van der Waals surface area contributed by atoms with Gasteiger partial charge >= 0.3 is 0 Å². The van der Waals surface area contributed by atoms with E-state index in [1.54, 1.807) is 7.11 Å². The first kappa shape index (κ1) is 13.3. The van der Waals surface area contributed by atoms with Crippen LogP contribution in [-0.2, 0) is 11.3 Å². The average molecular weight is 244 g/mol. The fourth-order valence-corrected chi connectivity index (χ4v) is 2.14. The molecule has 1 aromatic rings. The van der Waals surface area contributed by atoms with Crippen molar-refractivity contribution in [2.75, 3.05) is 13.7 Å². The van der Waals surface area contributed by atoms with Crippen molar-refractivity contribution in [3.05, 3.63) is 27.3 Å². The zero-order valence-corrected chi connectivity index (χ0v) is 10.9. The molecule has 0 aliphatic rings. The monoisotopic (exact) mass is 243 g/mol. The van der Waals surface area contributed by atoms with Gasteiger partial charge in [0.1, 0.15) is 5.75 Å². The number of hydrogen-bond donors (Lipinski definition) is 1. The molecule has 0 amide bonds. The molecule has 0 saturated carbocycles. The second kappa shape index (κ2) is 5.53. The van der Waals surface area contributed by atoms with E-state index in [-0.39, 0.29) is 0 Å². The summed E-state index contributed by atoms with van der Waals surface area (Å²) in [6, 6.07) is 0. The lowest BCUT2D eigenvalue weighted by molar-refractivity contribution is 0.140. The minimum atomic E-state index is 0.454. The molecule has 0 aliphatic heterocycles. The van der Waals surface area contributed by atoms with Gasteiger partial charge in [-0.2, -0.15) is 0 Å². The lowest BCUT2D eigenvalue weighted by Gasteiger charge is -2.18. The highest BCUT2D eigenvalue weighted by atomic mass is 35.5. The van der Waals surface area contributed by atoms with Crippen LogP contribution in [0.2, 0.25) is 5.02 Å². The van der Waals surface area contributed by atoms with Crippen molar-refractivity contribution in [2.24, 2.45) is 5.90 Å². The van der Waals surface area contributed by atoms with Gasteiger partial charge in [0, 0.05) is 17.0 Å². The second-order valence-corrected chi connectivity index (χ2v) is 4.20. The van der Waals surface area contributed by atoms with E-state index in [1.165, 1.54) is 0 Å². The van der Waals surface area contributed by atoms with Gasteiger partial charge in [0.25, 0.3) is 0 Å². The molecule has 0 unspecified atom stereocenters. The van der Waals surface area contributed by atoms with Gasteiger partial charge in [-0.15, -0.1) is 0 Å². The lowest BCUT2D eigenvalue weighted by atomic mass is 9.97. The molecular formula is C12H18ClNO2. The summed E-state index contributed by atoms with van der Waals surface area (Å²) in [6.45, 7) is 6.45. The summed E-state index contributed by atoms with van der Waals surface area (Å²) in [7, 11) is 1.67. The number of hydrogen-bond acceptors (Lipinski definition) is 3. The Labute approximate surface area is 101 Å². The third kappa shape index (κ3) is 2.32. The zero-order valence-electron chi connectivity index (χ0n) is 10.2. The van der Waals surface area contributed by atoms with Crippen molar-refractivity contribution >= 4 is 11.6 Å². The Morgan fingerprint density at radius 3 is 2.25 bits per heavy atom. The quantitative estimate of drug-likeness (QED) is 0.827. The first-order chi connectivity index (χ1) is 7.54. The number of nitrogens with two attached hydrogens (primary N) is 1. The van der Waals surface area contributed by atoms with E-state index >= 15 is 0 Å². The third-order valence-electron chi connectivity index (χ3n) is 2.96. The molecule has 4 heteroatoms. The maximum atomic E-state index is 6.27. The predicted molar refractivity (Wildman–Crippen MR) is 66.1 cm³/mol. The van der Waals surface area contributed by atoms with E-state index in [4.69, 9.17) is 22.2 Å². The Morgan fingerprint density at radius 2 is 1.75 bits per heavy atom. The maximum Gasteiger partial charge on any atom is 0.125 e. The summed E-state index contributed by atoms with van der Waals surface area (Å²) in [5, 5.41) is 0.797. The Morgan fingerprint density at radius 1 is 1.12 bits per heavy atom. The van der Waals surface area contributed by atoms with Crippen LogP contribution < -0.4 is 10.6 Å². The Kier molecular flexibility index (Phi) is 4.59. The van der Waals surface area contributed by atoms with Crippen molar-refractivity contribution in [1.82, 2.24) is 0 Å². The van der Waals surface area contributed by atoms with Gasteiger partial charge in [-0.05, 0) is 37.5 Å². The Bertz CT molecular complexity index is 391. The van der Waals surface area contributed by atoms with Gasteiger partial charge < -0.3 is 9.57 Å². The van der Waals surface area contributed by atoms with Crippen molar-refractivity contribution in [1.29, 1.82) is 0 Å². The largest absolute Gasteiger partial charge is 0.496 e. The predicted octanol–water partition coefficient (Wildman–Crippen LogP) is 2.71. The van der Waals surface area contributed by atoms with E-state index in [0.29, 0.717) is 13.0 Å². The molecule has 16 heavy (non-hydrogen) atoms. The first-order valence-corrected chi connectivity index (χ1v) is 5.56. The minimum Gasteiger partial charge on any atom is -0.496 e. The van der Waals surface area contributed by atoms with Crippen LogP contribution in [0, 0.1) is 20.8 Å². The molecule has 2 N–H and O–H groups in total. The summed E-state index contributed by atoms with van der Waals surface area (Å²) in [4.78, 5) is 4.61. The van der Waals surface area contributed by atoms with E-state index < -0.39 is 0 Å². The Balaban J connectivity index is 3.33. The van der Waals surface area contributed by atoms with Crippen LogP contribution in [0.3, 0.4) is 0 Å². The van der Waals surface area contributed by atoms with Crippen LogP contribution in [0.1, 0.15) is 22.3 Å². The van der Waals surface area contributed by atoms with Crippen LogP contribution >= 0.6 is 11.6 Å². The fraction of sp³-hybridized carbons (Fsp3) is 0.500. The van der Waals surface area contributed by atoms with Crippen LogP contribution in [0.4, 0.5) is 0 Å². The average Bonchev–Trinajstić information content (AvgIpc) is 2.29. The number of benzene rings is 1. The normalized spacial score (nSPS) is 10.6. The summed E-state index contributed by atoms with van der Waals surface area (Å²) in [5.41, 5.74) is 4.25. The molecule has 0 spiro atoms. The number of rotatable bonds is 4. The minimum absolute atomic E-state index is 0.454. The SMILES string of the molecule is COc1c(C)c(C)c(Cl)c(C)c1CCON. The summed E-state index contributed by atoms with van der Waals surface area (Å²) < 4.78 is 5.43. The lowest BCUT2D eigenvalue weighted by Crippen LogP contribution is -2.08. The van der Waals surface area contributed by atoms with Crippen LogP contribution in [0.15, 0.2) is 0 Å². The summed E-state index contributed by atoms with van der Waals surface area (Å²) in [5.74, 6) is 5.94. The van der Waals surface area contributed by atoms with Gasteiger partial charge in [-0.25, -0.2) is 5.90 Å². The number of halogens is 1. The first-order valence-electron chi connectivity index (χ1n) is 5.18. The van der Waals surface area contributed by atoms with Gasteiger partial charge in [-0.3, -0.25) is 0 Å². The highest BCUT2D eigenvalue weighted by Gasteiger charge is 2.16. The van der Waals surface area contributed by atoms with Crippen molar-refractivity contribution in [3.8, 4) is 5.75 Å². The van der Waals surface area contributed by atoms with Crippen LogP contribution in [0.25, 0.3) is 0 Å². The number of ether oxygens (including phenoxy) is 1. The van der Waals surface area contributed by atoms with Crippen molar-refractivity contribution < 1.29 is 9.57 Å². The molecule has 0 aliphatic carbocycles. The smallest absolute Gasteiger partial charge is 0.125 e. The molecule has 0 saturated heterocycles. The zero-order chi connectivity index (χ0) is 12.3. The highest BCUT2D eigenvalue weighted by Crippen LogP contribution is 2.35. The Hall–Kier alpha value is -0.770. The molecular weight excluding hydrogens is 226 g/mol. The van der Waals surface area contributed by atoms with Crippen molar-refractivity contribution in [3.63, 3.8) is 0 Å². The highest BCUT2D eigenvalue weighted by molar-refractivity contribution is 6.32. The van der Waals surface area contributed by atoms with Gasteiger partial charge in [0.2, 0.25) is 0 Å². The number of methoxy groups -OCH3 is 1. The topological polar surface area (TPSA) is 44.5 Å². The molecule has 0 aromatic heterocycles. The fourth-order valence-electron chi connectivity index (χ4n) is 1.88. The maximum absolute atomic E-state index is 6.27. The summed E-state index contributed by atoms with van der Waals surface area (Å²) >= 11 is 6.27. The molecule has 0 atom stereocenters. The standard InChI is InChI=1S/C12H18ClNO2/c1-7-8(2)12(15-4)10(5-6-16-14)9(3)11(7)13/h5-6,14H2,1-4H3. The molecule has 0 radical (unpaired) electrons. The van der Waals surface area contributed by atoms with E-state index in [0.717, 1.165) is 33.0 Å². The van der Waals surface area contributed by atoms with Gasteiger partial charge in [0.15, 0.2) is 0 Å². The second-order valence-electron chi connectivity index (χ2n) is 3.82. The van der Waals surface area contributed by atoms with E-state index in [1.807, 2.05) is 20.8 Å². The van der Waals surface area contributed by atoms with E-state index in [9.17, 15) is 0 Å². The molecule has 0 fully saturated rings. The summed E-state index contributed by atoms with van der Waals surface area (Å²) in [6.07, 6.45) is 0.701. The van der Waals surface area contributed by atoms with Gasteiger partial charge in [-0.1, -0.05) is 11.6 Å². The van der Waals surface area contributed by atoms with Crippen molar-refractivity contribution in [2.45, 2.75) is 27.2 Å². The van der Waals surface area contributed by atoms with Gasteiger partial charge in [0.05, 0.1) is 13.7 Å². The molecule has 0 bridgehead atoms. The molecule has 3 nitrogen and oxygen atoms in total. The molecule has 1 aromatic carbocycles.